The van der Waals surface area contributed by atoms with Crippen molar-refractivity contribution in [2.24, 2.45) is 0 Å². The number of nitrogens with one attached hydrogen (secondary N) is 2. The van der Waals surface area contributed by atoms with E-state index < -0.39 is 11.8 Å². The van der Waals surface area contributed by atoms with E-state index in [2.05, 4.69) is 22.5 Å². The van der Waals surface area contributed by atoms with Gasteiger partial charge >= 0.3 is 5.97 Å². The average Bonchev–Trinajstić information content (AvgIpc) is 2.82. The monoisotopic (exact) mass is 465 g/mol. The molecule has 0 fully saturated rings. The fraction of sp³-hybridized carbons (Fsp3) is 0.333. The lowest BCUT2D eigenvalue weighted by atomic mass is 9.90. The summed E-state index contributed by atoms with van der Waals surface area (Å²) in [5, 5.41) is 6.43. The SMILES string of the molecule is CCCNc1ccc(-c2c(C(=O)OC)cc(-c3ccc(NC(C)C)cc3F)c(OC)c2C)cn1. The van der Waals surface area contributed by atoms with Gasteiger partial charge in [-0.25, -0.2) is 14.2 Å². The number of benzene rings is 2. The molecular formula is C27H32FN3O3. The standard InChI is InChI=1S/C27H32FN3O3/c1-7-12-29-24-11-8-18(15-30-24)25-17(4)26(33-5)21(14-22(25)27(32)34-6)20-10-9-19(13-23(20)28)31-16(2)3/h8-11,13-16,31H,7,12H2,1-6H3,(H,29,30). The molecule has 0 radical (unpaired) electrons. The van der Waals surface area contributed by atoms with Gasteiger partial charge in [0.2, 0.25) is 0 Å². The molecule has 0 saturated heterocycles. The van der Waals surface area contributed by atoms with E-state index in [-0.39, 0.29) is 6.04 Å². The lowest BCUT2D eigenvalue weighted by Crippen LogP contribution is -2.10. The Morgan fingerprint density at radius 1 is 1.12 bits per heavy atom. The largest absolute Gasteiger partial charge is 0.496 e. The molecule has 2 aromatic carbocycles. The average molecular weight is 466 g/mol. The molecule has 0 aliphatic heterocycles. The molecule has 6 nitrogen and oxygen atoms in total. The van der Waals surface area contributed by atoms with E-state index in [1.54, 1.807) is 18.3 Å². The maximum atomic E-state index is 15.2. The van der Waals surface area contributed by atoms with E-state index in [4.69, 9.17) is 9.47 Å². The number of halogens is 1. The molecule has 0 aliphatic carbocycles. The molecule has 1 aromatic heterocycles. The van der Waals surface area contributed by atoms with Gasteiger partial charge in [0.05, 0.1) is 19.8 Å². The van der Waals surface area contributed by atoms with Crippen molar-refractivity contribution in [3.8, 4) is 28.0 Å². The molecule has 0 saturated carbocycles. The van der Waals surface area contributed by atoms with Crippen molar-refractivity contribution in [3.05, 3.63) is 59.5 Å². The lowest BCUT2D eigenvalue weighted by molar-refractivity contribution is 0.0601. The van der Waals surface area contributed by atoms with Crippen LogP contribution in [-0.2, 0) is 4.74 Å². The zero-order valence-corrected chi connectivity index (χ0v) is 20.6. The quantitative estimate of drug-likeness (QED) is 0.361. The van der Waals surface area contributed by atoms with Crippen LogP contribution in [0.4, 0.5) is 15.9 Å². The van der Waals surface area contributed by atoms with Crippen LogP contribution in [0.3, 0.4) is 0 Å². The van der Waals surface area contributed by atoms with Crippen LogP contribution in [0.15, 0.2) is 42.6 Å². The third-order valence-corrected chi connectivity index (χ3v) is 5.45. The van der Waals surface area contributed by atoms with E-state index in [1.807, 2.05) is 39.0 Å². The number of carbonyl (C=O) groups is 1. The Bertz CT molecular complexity index is 1160. The van der Waals surface area contributed by atoms with Crippen LogP contribution >= 0.6 is 0 Å². The van der Waals surface area contributed by atoms with Gasteiger partial charge in [0.1, 0.15) is 17.4 Å². The molecule has 180 valence electrons. The minimum Gasteiger partial charge on any atom is -0.496 e. The van der Waals surface area contributed by atoms with E-state index in [0.29, 0.717) is 39.3 Å². The molecule has 0 aliphatic rings. The molecular weight excluding hydrogens is 433 g/mol. The zero-order valence-electron chi connectivity index (χ0n) is 20.6. The summed E-state index contributed by atoms with van der Waals surface area (Å²) in [4.78, 5) is 17.3. The van der Waals surface area contributed by atoms with Gasteiger partial charge in [0.25, 0.3) is 0 Å². The highest BCUT2D eigenvalue weighted by molar-refractivity contribution is 6.01. The van der Waals surface area contributed by atoms with Crippen molar-refractivity contribution in [1.29, 1.82) is 0 Å². The van der Waals surface area contributed by atoms with Gasteiger partial charge in [-0.2, -0.15) is 0 Å². The van der Waals surface area contributed by atoms with E-state index in [1.165, 1.54) is 20.3 Å². The normalized spacial score (nSPS) is 10.8. The van der Waals surface area contributed by atoms with Gasteiger partial charge in [-0.3, -0.25) is 0 Å². The number of methoxy groups -OCH3 is 2. The maximum absolute atomic E-state index is 15.2. The molecule has 7 heteroatoms. The number of anilines is 2. The zero-order chi connectivity index (χ0) is 24.8. The summed E-state index contributed by atoms with van der Waals surface area (Å²) in [7, 11) is 2.87. The van der Waals surface area contributed by atoms with Gasteiger partial charge in [-0.1, -0.05) is 6.92 Å². The summed E-state index contributed by atoms with van der Waals surface area (Å²) in [5.41, 5.74) is 3.88. The third-order valence-electron chi connectivity index (χ3n) is 5.45. The molecule has 34 heavy (non-hydrogen) atoms. The molecule has 3 rings (SSSR count). The number of rotatable bonds is 9. The van der Waals surface area contributed by atoms with Crippen molar-refractivity contribution < 1.29 is 18.7 Å². The van der Waals surface area contributed by atoms with Crippen LogP contribution in [0.5, 0.6) is 5.75 Å². The molecule has 0 bridgehead atoms. The van der Waals surface area contributed by atoms with Crippen LogP contribution < -0.4 is 15.4 Å². The summed E-state index contributed by atoms with van der Waals surface area (Å²) in [5.74, 6) is 0.302. The minimum atomic E-state index is -0.520. The van der Waals surface area contributed by atoms with Gasteiger partial charge in [-0.15, -0.1) is 0 Å². The first kappa shape index (κ1) is 25.0. The van der Waals surface area contributed by atoms with Gasteiger partial charge < -0.3 is 20.1 Å². The maximum Gasteiger partial charge on any atom is 0.338 e. The Morgan fingerprint density at radius 2 is 1.88 bits per heavy atom. The third kappa shape index (κ3) is 5.30. The lowest BCUT2D eigenvalue weighted by Gasteiger charge is -2.20. The Labute approximate surface area is 200 Å². The van der Waals surface area contributed by atoms with E-state index in [0.717, 1.165) is 24.3 Å². The second-order valence-corrected chi connectivity index (χ2v) is 8.35. The predicted molar refractivity (Wildman–Crippen MR) is 135 cm³/mol. The predicted octanol–water partition coefficient (Wildman–Crippen LogP) is 6.30. The van der Waals surface area contributed by atoms with Gasteiger partial charge in [0.15, 0.2) is 0 Å². The smallest absolute Gasteiger partial charge is 0.338 e. The first-order valence-electron chi connectivity index (χ1n) is 11.4. The fourth-order valence-corrected chi connectivity index (χ4v) is 3.96. The van der Waals surface area contributed by atoms with Crippen LogP contribution in [-0.4, -0.2) is 37.8 Å². The summed E-state index contributed by atoms with van der Waals surface area (Å²) >= 11 is 0. The number of hydrogen-bond acceptors (Lipinski definition) is 6. The number of hydrogen-bond donors (Lipinski definition) is 2. The number of pyridine rings is 1. The molecule has 0 amide bonds. The highest BCUT2D eigenvalue weighted by Gasteiger charge is 2.24. The van der Waals surface area contributed by atoms with Crippen LogP contribution in [0.2, 0.25) is 0 Å². The van der Waals surface area contributed by atoms with Crippen molar-refractivity contribution in [2.45, 2.75) is 40.2 Å². The van der Waals surface area contributed by atoms with E-state index >= 15 is 4.39 Å². The minimum absolute atomic E-state index is 0.171. The topological polar surface area (TPSA) is 72.5 Å². The Balaban J connectivity index is 2.18. The number of ether oxygens (including phenoxy) is 2. The Hall–Kier alpha value is -3.61. The number of carbonyl (C=O) groups excluding carboxylic acids is 1. The number of esters is 1. The van der Waals surface area contributed by atoms with Gasteiger partial charge in [-0.05, 0) is 63.6 Å². The first-order chi connectivity index (χ1) is 16.3. The fourth-order valence-electron chi connectivity index (χ4n) is 3.96. The highest BCUT2D eigenvalue weighted by atomic mass is 19.1. The van der Waals surface area contributed by atoms with Crippen molar-refractivity contribution in [2.75, 3.05) is 31.4 Å². The second kappa shape index (κ2) is 11.0. The van der Waals surface area contributed by atoms with Crippen LogP contribution in [0, 0.1) is 12.7 Å². The second-order valence-electron chi connectivity index (χ2n) is 8.35. The summed E-state index contributed by atoms with van der Waals surface area (Å²) in [6.45, 7) is 8.72. The Morgan fingerprint density at radius 3 is 2.44 bits per heavy atom. The molecule has 1 heterocycles. The van der Waals surface area contributed by atoms with Gasteiger partial charge in [0, 0.05) is 52.3 Å². The van der Waals surface area contributed by atoms with Crippen molar-refractivity contribution in [1.82, 2.24) is 4.98 Å². The summed E-state index contributed by atoms with van der Waals surface area (Å²) < 4.78 is 26.0. The number of nitrogens with zero attached hydrogens (tertiary/aromatic N) is 1. The molecule has 2 N–H and O–H groups in total. The first-order valence-corrected chi connectivity index (χ1v) is 11.4. The van der Waals surface area contributed by atoms with Crippen LogP contribution in [0.1, 0.15) is 43.1 Å². The molecule has 0 atom stereocenters. The Kier molecular flexibility index (Phi) is 8.10. The van der Waals surface area contributed by atoms with Crippen LogP contribution in [0.25, 0.3) is 22.3 Å². The van der Waals surface area contributed by atoms with Crippen molar-refractivity contribution >= 4 is 17.5 Å². The summed E-state index contributed by atoms with van der Waals surface area (Å²) in [6, 6.07) is 10.5. The number of aromatic nitrogens is 1. The summed E-state index contributed by atoms with van der Waals surface area (Å²) in [6.07, 6.45) is 2.69. The molecule has 0 unspecified atom stereocenters. The van der Waals surface area contributed by atoms with E-state index in [9.17, 15) is 4.79 Å². The highest BCUT2D eigenvalue weighted by Crippen LogP contribution is 2.42. The molecule has 3 aromatic rings. The molecule has 0 spiro atoms. The van der Waals surface area contributed by atoms with Crippen molar-refractivity contribution in [3.63, 3.8) is 0 Å².